The van der Waals surface area contributed by atoms with Crippen LogP contribution in [0.25, 0.3) is 0 Å². The highest BCUT2D eigenvalue weighted by Gasteiger charge is 2.28. The molecular formula is C13H14BrNO4. The van der Waals surface area contributed by atoms with Gasteiger partial charge < -0.3 is 4.74 Å². The van der Waals surface area contributed by atoms with Gasteiger partial charge in [0.1, 0.15) is 17.6 Å². The largest absolute Gasteiger partial charge is 0.489 e. The van der Waals surface area contributed by atoms with Crippen LogP contribution in [0.4, 0.5) is 5.69 Å². The summed E-state index contributed by atoms with van der Waals surface area (Å²) in [6.45, 7) is 1.99. The molecule has 0 N–H and O–H groups in total. The summed E-state index contributed by atoms with van der Waals surface area (Å²) < 4.78 is 6.42. The van der Waals surface area contributed by atoms with Crippen molar-refractivity contribution in [3.05, 3.63) is 32.8 Å². The first-order chi connectivity index (χ1) is 8.97. The number of nitrogens with zero attached hydrogens (tertiary/aromatic N) is 1. The molecule has 5 nitrogen and oxygen atoms in total. The number of ether oxygens (including phenoxy) is 1. The van der Waals surface area contributed by atoms with Crippen LogP contribution in [0.1, 0.15) is 26.2 Å². The first-order valence-electron chi connectivity index (χ1n) is 6.09. The van der Waals surface area contributed by atoms with E-state index in [1.165, 1.54) is 12.1 Å². The van der Waals surface area contributed by atoms with Crippen LogP contribution in [0.15, 0.2) is 22.7 Å². The zero-order valence-electron chi connectivity index (χ0n) is 10.5. The Balaban J connectivity index is 2.11. The van der Waals surface area contributed by atoms with E-state index in [9.17, 15) is 14.9 Å². The van der Waals surface area contributed by atoms with Crippen LogP contribution in [0.5, 0.6) is 5.75 Å². The maximum absolute atomic E-state index is 11.3. The van der Waals surface area contributed by atoms with Gasteiger partial charge in [0.2, 0.25) is 0 Å². The summed E-state index contributed by atoms with van der Waals surface area (Å²) in [5.41, 5.74) is 0.0195. The van der Waals surface area contributed by atoms with Gasteiger partial charge in [-0.25, -0.2) is 0 Å². The van der Waals surface area contributed by atoms with Gasteiger partial charge in [-0.1, -0.05) is 6.92 Å². The van der Waals surface area contributed by atoms with Crippen LogP contribution in [-0.2, 0) is 4.79 Å². The zero-order chi connectivity index (χ0) is 14.0. The average Bonchev–Trinajstić information content (AvgIpc) is 2.34. The number of benzene rings is 1. The summed E-state index contributed by atoms with van der Waals surface area (Å²) in [6, 6.07) is 4.43. The second kappa shape index (κ2) is 5.69. The summed E-state index contributed by atoms with van der Waals surface area (Å²) in [6.07, 6.45) is 1.76. The Morgan fingerprint density at radius 1 is 1.47 bits per heavy atom. The van der Waals surface area contributed by atoms with Crippen molar-refractivity contribution in [2.24, 2.45) is 5.92 Å². The molecule has 1 aromatic rings. The highest BCUT2D eigenvalue weighted by molar-refractivity contribution is 9.10. The lowest BCUT2D eigenvalue weighted by atomic mass is 9.87. The molecule has 0 bridgehead atoms. The predicted molar refractivity (Wildman–Crippen MR) is 73.2 cm³/mol. The maximum atomic E-state index is 11.3. The first-order valence-corrected chi connectivity index (χ1v) is 6.89. The van der Waals surface area contributed by atoms with Crippen LogP contribution in [0.3, 0.4) is 0 Å². The second-order valence-corrected chi connectivity index (χ2v) is 5.64. The highest BCUT2D eigenvalue weighted by Crippen LogP contribution is 2.33. The Morgan fingerprint density at radius 2 is 2.21 bits per heavy atom. The molecule has 0 aliphatic heterocycles. The third-order valence-electron chi connectivity index (χ3n) is 3.30. The molecule has 2 atom stereocenters. The molecule has 0 unspecified atom stereocenters. The van der Waals surface area contributed by atoms with Crippen molar-refractivity contribution in [1.29, 1.82) is 0 Å². The van der Waals surface area contributed by atoms with Gasteiger partial charge in [-0.15, -0.1) is 0 Å². The molecule has 19 heavy (non-hydrogen) atoms. The molecule has 0 spiro atoms. The topological polar surface area (TPSA) is 69.4 Å². The normalized spacial score (nSPS) is 23.2. The molecule has 1 saturated carbocycles. The molecule has 102 valence electrons. The molecule has 2 rings (SSSR count). The van der Waals surface area contributed by atoms with Crippen molar-refractivity contribution in [3.8, 4) is 5.75 Å². The summed E-state index contributed by atoms with van der Waals surface area (Å²) >= 11 is 3.28. The number of carbonyl (C=O) groups excluding carboxylic acids is 1. The number of halogens is 1. The Morgan fingerprint density at radius 3 is 2.79 bits per heavy atom. The Hall–Kier alpha value is -1.43. The Kier molecular flexibility index (Phi) is 4.19. The fourth-order valence-corrected chi connectivity index (χ4v) is 2.68. The molecular weight excluding hydrogens is 314 g/mol. The van der Waals surface area contributed by atoms with Gasteiger partial charge in [-0.05, 0) is 34.3 Å². The highest BCUT2D eigenvalue weighted by atomic mass is 79.9. The van der Waals surface area contributed by atoms with Crippen LogP contribution >= 0.6 is 15.9 Å². The lowest BCUT2D eigenvalue weighted by molar-refractivity contribution is -0.385. The van der Waals surface area contributed by atoms with E-state index in [-0.39, 0.29) is 23.5 Å². The van der Waals surface area contributed by atoms with Crippen molar-refractivity contribution in [2.75, 3.05) is 0 Å². The van der Waals surface area contributed by atoms with Gasteiger partial charge in [0.05, 0.1) is 9.40 Å². The van der Waals surface area contributed by atoms with E-state index in [0.717, 1.165) is 0 Å². The summed E-state index contributed by atoms with van der Waals surface area (Å²) in [7, 11) is 0. The van der Waals surface area contributed by atoms with E-state index in [1.807, 2.05) is 6.92 Å². The fourth-order valence-electron chi connectivity index (χ4n) is 2.22. The van der Waals surface area contributed by atoms with E-state index >= 15 is 0 Å². The minimum atomic E-state index is -0.448. The third-order valence-corrected chi connectivity index (χ3v) is 3.92. The van der Waals surface area contributed by atoms with E-state index in [4.69, 9.17) is 4.74 Å². The molecule has 1 aliphatic rings. The monoisotopic (exact) mass is 327 g/mol. The Bertz CT molecular complexity index is 517. The molecule has 1 fully saturated rings. The lowest BCUT2D eigenvalue weighted by Crippen LogP contribution is -2.32. The van der Waals surface area contributed by atoms with Crippen molar-refractivity contribution in [3.63, 3.8) is 0 Å². The third kappa shape index (κ3) is 3.32. The van der Waals surface area contributed by atoms with Crippen LogP contribution in [-0.4, -0.2) is 16.8 Å². The van der Waals surface area contributed by atoms with Crippen LogP contribution < -0.4 is 4.74 Å². The number of hydrogen-bond donors (Lipinski definition) is 0. The molecule has 0 amide bonds. The van der Waals surface area contributed by atoms with E-state index < -0.39 is 4.92 Å². The van der Waals surface area contributed by atoms with Gasteiger partial charge in [0.25, 0.3) is 5.69 Å². The lowest BCUT2D eigenvalue weighted by Gasteiger charge is -2.28. The number of hydrogen-bond acceptors (Lipinski definition) is 4. The van der Waals surface area contributed by atoms with Crippen LogP contribution in [0.2, 0.25) is 0 Å². The number of Topliss-reactive ketones (excluding diaryl/α,β-unsaturated/α-hetero) is 1. The van der Waals surface area contributed by atoms with Crippen LogP contribution in [0, 0.1) is 16.0 Å². The number of carbonyl (C=O) groups is 1. The number of non-ortho nitro benzene ring substituents is 1. The Labute approximate surface area is 119 Å². The predicted octanol–water partition coefficient (Wildman–Crippen LogP) is 3.49. The quantitative estimate of drug-likeness (QED) is 0.629. The summed E-state index contributed by atoms with van der Waals surface area (Å²) in [5, 5.41) is 10.6. The number of nitro benzene ring substituents is 1. The van der Waals surface area contributed by atoms with Gasteiger partial charge >= 0.3 is 0 Å². The molecule has 0 aromatic heterocycles. The second-order valence-electron chi connectivity index (χ2n) is 4.79. The zero-order valence-corrected chi connectivity index (χ0v) is 12.1. The van der Waals surface area contributed by atoms with Crippen molar-refractivity contribution < 1.29 is 14.5 Å². The molecule has 0 heterocycles. The van der Waals surface area contributed by atoms with Gasteiger partial charge in [-0.2, -0.15) is 0 Å². The smallest absolute Gasteiger partial charge is 0.270 e. The number of ketones is 1. The minimum absolute atomic E-state index is 0.0181. The van der Waals surface area contributed by atoms with E-state index in [1.54, 1.807) is 6.07 Å². The van der Waals surface area contributed by atoms with Gasteiger partial charge in [0.15, 0.2) is 0 Å². The molecule has 1 aliphatic carbocycles. The van der Waals surface area contributed by atoms with E-state index in [2.05, 4.69) is 15.9 Å². The maximum Gasteiger partial charge on any atom is 0.270 e. The fraction of sp³-hybridized carbons (Fsp3) is 0.462. The molecule has 6 heteroatoms. The molecule has 0 saturated heterocycles. The molecule has 0 radical (unpaired) electrons. The number of nitro groups is 1. The van der Waals surface area contributed by atoms with Gasteiger partial charge in [-0.3, -0.25) is 14.9 Å². The van der Waals surface area contributed by atoms with Crippen molar-refractivity contribution in [1.82, 2.24) is 0 Å². The van der Waals surface area contributed by atoms with Crippen molar-refractivity contribution >= 4 is 27.4 Å². The SMILES string of the molecule is C[C@H]1CC(=O)CC[C@@H]1Oc1ccc([N+](=O)[O-])cc1Br. The summed E-state index contributed by atoms with van der Waals surface area (Å²) in [4.78, 5) is 21.5. The van der Waals surface area contributed by atoms with E-state index in [0.29, 0.717) is 29.5 Å². The van der Waals surface area contributed by atoms with Gasteiger partial charge in [0, 0.05) is 25.0 Å². The number of rotatable bonds is 3. The minimum Gasteiger partial charge on any atom is -0.489 e. The first kappa shape index (κ1) is 14.0. The van der Waals surface area contributed by atoms with Crippen molar-refractivity contribution in [2.45, 2.75) is 32.3 Å². The molecule has 1 aromatic carbocycles. The summed E-state index contributed by atoms with van der Waals surface area (Å²) in [5.74, 6) is 1.02. The standard InChI is InChI=1S/C13H14BrNO4/c1-8-6-10(16)3-5-12(8)19-13-4-2-9(15(17)18)7-11(13)14/h2,4,7-8,12H,3,5-6H2,1H3/t8-,12-/m0/s1. The average molecular weight is 328 g/mol.